The molecule has 0 amide bonds. The monoisotopic (exact) mass is 454 g/mol. The SMILES string of the molecule is CCCCCCCC/C=C\CCCCCCCC(=O)O.O=S(=O)(O)OCC(O)CO. The Labute approximate surface area is 182 Å². The van der Waals surface area contributed by atoms with Crippen LogP contribution in [-0.2, 0) is 19.4 Å². The Balaban J connectivity index is 0. The highest BCUT2D eigenvalue weighted by atomic mass is 32.3. The van der Waals surface area contributed by atoms with Gasteiger partial charge in [0, 0.05) is 6.42 Å². The highest BCUT2D eigenvalue weighted by Gasteiger charge is 2.08. The minimum atomic E-state index is -4.50. The van der Waals surface area contributed by atoms with Gasteiger partial charge in [-0.2, -0.15) is 8.42 Å². The zero-order chi connectivity index (χ0) is 23.1. The van der Waals surface area contributed by atoms with Crippen LogP contribution in [0.15, 0.2) is 12.2 Å². The largest absolute Gasteiger partial charge is 0.481 e. The Kier molecular flexibility index (Phi) is 23.6. The summed E-state index contributed by atoms with van der Waals surface area (Å²) >= 11 is 0. The van der Waals surface area contributed by atoms with Crippen molar-refractivity contribution in [3.63, 3.8) is 0 Å². The molecule has 4 N–H and O–H groups in total. The Bertz CT molecular complexity index is 505. The van der Waals surface area contributed by atoms with Gasteiger partial charge in [-0.15, -0.1) is 0 Å². The number of aliphatic carboxylic acids is 1. The second-order valence-corrected chi connectivity index (χ2v) is 8.37. The Morgan fingerprint density at radius 3 is 1.80 bits per heavy atom. The average Bonchev–Trinajstić information content (AvgIpc) is 2.68. The van der Waals surface area contributed by atoms with Gasteiger partial charge in [0.2, 0.25) is 0 Å². The molecule has 0 aliphatic heterocycles. The number of allylic oxidation sites excluding steroid dienone is 2. The normalized spacial score (nSPS) is 12.5. The van der Waals surface area contributed by atoms with Gasteiger partial charge >= 0.3 is 16.4 Å². The second kappa shape index (κ2) is 22.7. The van der Waals surface area contributed by atoms with Crippen LogP contribution in [0.2, 0.25) is 0 Å². The van der Waals surface area contributed by atoms with E-state index in [-0.39, 0.29) is 0 Å². The van der Waals surface area contributed by atoms with E-state index in [4.69, 9.17) is 19.9 Å². The first-order valence-electron chi connectivity index (χ1n) is 11.0. The van der Waals surface area contributed by atoms with Crippen LogP contribution in [0.25, 0.3) is 0 Å². The van der Waals surface area contributed by atoms with Crippen LogP contribution < -0.4 is 0 Å². The lowest BCUT2D eigenvalue weighted by molar-refractivity contribution is -0.137. The maximum Gasteiger partial charge on any atom is 0.397 e. The molecule has 0 rings (SSSR count). The minimum Gasteiger partial charge on any atom is -0.481 e. The van der Waals surface area contributed by atoms with Crippen molar-refractivity contribution >= 4 is 16.4 Å². The van der Waals surface area contributed by atoms with Crippen LogP contribution in [-0.4, -0.2) is 53.6 Å². The third-order valence-electron chi connectivity index (χ3n) is 4.27. The van der Waals surface area contributed by atoms with E-state index in [0.717, 1.165) is 12.8 Å². The van der Waals surface area contributed by atoms with E-state index in [9.17, 15) is 13.2 Å². The summed E-state index contributed by atoms with van der Waals surface area (Å²) in [5, 5.41) is 25.1. The van der Waals surface area contributed by atoms with Crippen molar-refractivity contribution in [2.75, 3.05) is 13.2 Å². The van der Waals surface area contributed by atoms with Crippen LogP contribution in [0.3, 0.4) is 0 Å². The summed E-state index contributed by atoms with van der Waals surface area (Å²) in [4.78, 5) is 10.3. The molecule has 30 heavy (non-hydrogen) atoms. The van der Waals surface area contributed by atoms with Gasteiger partial charge in [0.1, 0.15) is 6.10 Å². The van der Waals surface area contributed by atoms with Crippen molar-refractivity contribution < 1.29 is 37.3 Å². The van der Waals surface area contributed by atoms with Gasteiger partial charge in [-0.1, -0.05) is 70.4 Å². The third-order valence-corrected chi connectivity index (χ3v) is 4.71. The van der Waals surface area contributed by atoms with Gasteiger partial charge in [-0.05, 0) is 32.1 Å². The molecule has 1 atom stereocenters. The van der Waals surface area contributed by atoms with E-state index in [0.29, 0.717) is 6.42 Å². The molecule has 0 aliphatic carbocycles. The molecule has 9 heteroatoms. The van der Waals surface area contributed by atoms with Gasteiger partial charge < -0.3 is 15.3 Å². The number of hydrogen-bond acceptors (Lipinski definition) is 6. The quantitative estimate of drug-likeness (QED) is 0.129. The van der Waals surface area contributed by atoms with Gasteiger partial charge in [-0.25, -0.2) is 4.18 Å². The topological polar surface area (TPSA) is 141 Å². The number of carbonyl (C=O) groups is 1. The smallest absolute Gasteiger partial charge is 0.397 e. The molecule has 1 unspecified atom stereocenters. The summed E-state index contributed by atoms with van der Waals surface area (Å²) in [6, 6.07) is 0. The summed E-state index contributed by atoms with van der Waals surface area (Å²) < 4.78 is 31.2. The van der Waals surface area contributed by atoms with Crippen molar-refractivity contribution in [2.45, 2.75) is 103 Å². The van der Waals surface area contributed by atoms with E-state index in [1.165, 1.54) is 70.6 Å². The number of unbranched alkanes of at least 4 members (excludes halogenated alkanes) is 11. The molecule has 0 bridgehead atoms. The maximum absolute atomic E-state index is 10.3. The summed E-state index contributed by atoms with van der Waals surface area (Å²) in [5.41, 5.74) is 0. The van der Waals surface area contributed by atoms with E-state index in [2.05, 4.69) is 23.3 Å². The van der Waals surface area contributed by atoms with Gasteiger partial charge in [0.25, 0.3) is 0 Å². The molecule has 0 heterocycles. The van der Waals surface area contributed by atoms with Crippen molar-refractivity contribution in [3.05, 3.63) is 12.2 Å². The fourth-order valence-corrected chi connectivity index (χ4v) is 2.89. The molecule has 0 saturated carbocycles. The zero-order valence-electron chi connectivity index (χ0n) is 18.4. The van der Waals surface area contributed by atoms with Crippen LogP contribution >= 0.6 is 0 Å². The Morgan fingerprint density at radius 2 is 1.37 bits per heavy atom. The van der Waals surface area contributed by atoms with E-state index < -0.39 is 35.7 Å². The molecule has 0 aromatic carbocycles. The molecule has 0 aromatic heterocycles. The number of aliphatic hydroxyl groups is 2. The van der Waals surface area contributed by atoms with Crippen molar-refractivity contribution in [3.8, 4) is 0 Å². The number of rotatable bonds is 19. The third kappa shape index (κ3) is 31.7. The summed E-state index contributed by atoms with van der Waals surface area (Å²) in [5.74, 6) is -0.664. The van der Waals surface area contributed by atoms with Crippen LogP contribution in [0.1, 0.15) is 96.8 Å². The lowest BCUT2D eigenvalue weighted by atomic mass is 10.1. The first kappa shape index (κ1) is 31.2. The maximum atomic E-state index is 10.3. The van der Waals surface area contributed by atoms with E-state index in [1.54, 1.807) is 0 Å². The first-order chi connectivity index (χ1) is 14.2. The molecule has 0 fully saturated rings. The molecule has 0 spiro atoms. The van der Waals surface area contributed by atoms with Crippen LogP contribution in [0.4, 0.5) is 0 Å². The fraction of sp³-hybridized carbons (Fsp3) is 0.857. The minimum absolute atomic E-state index is 0.332. The van der Waals surface area contributed by atoms with Gasteiger partial charge in [0.15, 0.2) is 0 Å². The zero-order valence-corrected chi connectivity index (χ0v) is 19.2. The highest BCUT2D eigenvalue weighted by molar-refractivity contribution is 7.80. The van der Waals surface area contributed by atoms with E-state index >= 15 is 0 Å². The van der Waals surface area contributed by atoms with Gasteiger partial charge in [0.05, 0.1) is 13.2 Å². The summed E-state index contributed by atoms with van der Waals surface area (Å²) in [6.07, 6.45) is 19.9. The molecular weight excluding hydrogens is 412 g/mol. The number of aliphatic hydroxyl groups excluding tert-OH is 2. The molecule has 180 valence electrons. The van der Waals surface area contributed by atoms with Crippen LogP contribution in [0.5, 0.6) is 0 Å². The lowest BCUT2D eigenvalue weighted by Crippen LogP contribution is -2.21. The second-order valence-electron chi connectivity index (χ2n) is 7.28. The van der Waals surface area contributed by atoms with Crippen LogP contribution in [0, 0.1) is 0 Å². The fourth-order valence-electron chi connectivity index (χ4n) is 2.56. The number of carboxylic acid groups (broad SMARTS) is 1. The van der Waals surface area contributed by atoms with E-state index in [1.807, 2.05) is 0 Å². The van der Waals surface area contributed by atoms with Crippen molar-refractivity contribution in [1.82, 2.24) is 0 Å². The Morgan fingerprint density at radius 1 is 0.900 bits per heavy atom. The molecule has 8 nitrogen and oxygen atoms in total. The molecule has 0 saturated heterocycles. The molecule has 0 radical (unpaired) electrons. The molecule has 0 aromatic rings. The predicted octanol–water partition coefficient (Wildman–Crippen LogP) is 4.27. The highest BCUT2D eigenvalue weighted by Crippen LogP contribution is 2.09. The summed E-state index contributed by atoms with van der Waals surface area (Å²) in [7, 11) is -4.50. The lowest BCUT2D eigenvalue weighted by Gasteiger charge is -2.03. The number of hydrogen-bond donors (Lipinski definition) is 4. The number of carboxylic acids is 1. The van der Waals surface area contributed by atoms with Crippen molar-refractivity contribution in [1.29, 1.82) is 0 Å². The summed E-state index contributed by atoms with van der Waals surface area (Å²) in [6.45, 7) is 1.000. The van der Waals surface area contributed by atoms with Crippen molar-refractivity contribution in [2.24, 2.45) is 0 Å². The Hall–Kier alpha value is -1.00. The molecule has 0 aliphatic rings. The standard InChI is InChI=1S/C18H34O2.C3H8O6S/c1-2-3-4-5-6-7-8-9-10-11-12-13-14-15-16-17-18(19)20;4-1-3(5)2-9-10(6,7)8/h9-10H,2-8,11-17H2,1H3,(H,19,20);3-5H,1-2H2,(H,6,7,8)/b10-9-;. The predicted molar refractivity (Wildman–Crippen MR) is 118 cm³/mol. The average molecular weight is 455 g/mol. The first-order valence-corrected chi connectivity index (χ1v) is 12.4. The van der Waals surface area contributed by atoms with Gasteiger partial charge in [-0.3, -0.25) is 9.35 Å². The molecular formula is C21H42O8S.